The summed E-state index contributed by atoms with van der Waals surface area (Å²) >= 11 is 1.72. The molecule has 0 unspecified atom stereocenters. The van der Waals surface area contributed by atoms with Gasteiger partial charge in [-0.25, -0.2) is 9.97 Å². The molecule has 0 aromatic carbocycles. The molecule has 0 amide bonds. The molecule has 0 saturated carbocycles. The Bertz CT molecular complexity index is 685. The van der Waals surface area contributed by atoms with E-state index in [2.05, 4.69) is 33.4 Å². The van der Waals surface area contributed by atoms with Crippen molar-refractivity contribution in [2.45, 2.75) is 13.3 Å². The molecular weight excluding hydrogens is 246 g/mol. The number of thiophene rings is 1. The van der Waals surface area contributed by atoms with Crippen LogP contribution in [0.3, 0.4) is 0 Å². The van der Waals surface area contributed by atoms with Gasteiger partial charge in [-0.3, -0.25) is 4.68 Å². The highest BCUT2D eigenvalue weighted by Gasteiger charge is 2.08. The standard InChI is InChI=1S/C12H13N5S/c1-3-9-4-10-11(13-7-14-12(10)18-9)16-8-5-15-17(2)6-8/h4-7H,3H2,1-2H3,(H,13,14,16). The van der Waals surface area contributed by atoms with E-state index in [-0.39, 0.29) is 0 Å². The summed E-state index contributed by atoms with van der Waals surface area (Å²) in [7, 11) is 1.89. The van der Waals surface area contributed by atoms with Gasteiger partial charge in [0.1, 0.15) is 17.0 Å². The highest BCUT2D eigenvalue weighted by atomic mass is 32.1. The van der Waals surface area contributed by atoms with Crippen molar-refractivity contribution in [1.82, 2.24) is 19.7 Å². The fourth-order valence-corrected chi connectivity index (χ4v) is 2.74. The van der Waals surface area contributed by atoms with E-state index < -0.39 is 0 Å². The zero-order valence-corrected chi connectivity index (χ0v) is 11.0. The number of anilines is 2. The zero-order valence-electron chi connectivity index (χ0n) is 10.2. The third-order valence-electron chi connectivity index (χ3n) is 2.70. The Kier molecular flexibility index (Phi) is 2.71. The Morgan fingerprint density at radius 2 is 2.28 bits per heavy atom. The molecule has 0 saturated heterocycles. The lowest BCUT2D eigenvalue weighted by Crippen LogP contribution is -1.93. The smallest absolute Gasteiger partial charge is 0.142 e. The largest absolute Gasteiger partial charge is 0.337 e. The van der Waals surface area contributed by atoms with Gasteiger partial charge in [-0.2, -0.15) is 5.10 Å². The summed E-state index contributed by atoms with van der Waals surface area (Å²) in [4.78, 5) is 11.0. The van der Waals surface area contributed by atoms with Crippen LogP contribution in [0.1, 0.15) is 11.8 Å². The molecule has 3 aromatic rings. The number of nitrogens with one attached hydrogen (secondary N) is 1. The molecule has 0 spiro atoms. The van der Waals surface area contributed by atoms with Gasteiger partial charge in [-0.05, 0) is 12.5 Å². The molecule has 3 rings (SSSR count). The van der Waals surface area contributed by atoms with Crippen LogP contribution in [0, 0.1) is 0 Å². The summed E-state index contributed by atoms with van der Waals surface area (Å²) in [5, 5.41) is 8.48. The molecule has 0 aliphatic rings. The summed E-state index contributed by atoms with van der Waals surface area (Å²) in [5.74, 6) is 0.837. The first-order chi connectivity index (χ1) is 8.76. The van der Waals surface area contributed by atoms with Gasteiger partial charge in [0, 0.05) is 18.1 Å². The molecule has 3 aromatic heterocycles. The maximum absolute atomic E-state index is 4.31. The number of hydrogen-bond acceptors (Lipinski definition) is 5. The van der Waals surface area contributed by atoms with Crippen LogP contribution < -0.4 is 5.32 Å². The lowest BCUT2D eigenvalue weighted by Gasteiger charge is -2.02. The van der Waals surface area contributed by atoms with Crippen molar-refractivity contribution in [1.29, 1.82) is 0 Å². The monoisotopic (exact) mass is 259 g/mol. The number of aromatic nitrogens is 4. The van der Waals surface area contributed by atoms with Gasteiger partial charge in [0.25, 0.3) is 0 Å². The molecule has 0 radical (unpaired) electrons. The molecule has 1 N–H and O–H groups in total. The SMILES string of the molecule is CCc1cc2c(Nc3cnn(C)c3)ncnc2s1. The Morgan fingerprint density at radius 3 is 3.00 bits per heavy atom. The minimum atomic E-state index is 0.837. The summed E-state index contributed by atoms with van der Waals surface area (Å²) in [6.45, 7) is 2.15. The van der Waals surface area contributed by atoms with Crippen LogP contribution in [0.25, 0.3) is 10.2 Å². The minimum absolute atomic E-state index is 0.837. The lowest BCUT2D eigenvalue weighted by molar-refractivity contribution is 0.768. The van der Waals surface area contributed by atoms with Crippen molar-refractivity contribution in [3.8, 4) is 0 Å². The van der Waals surface area contributed by atoms with E-state index in [1.54, 1.807) is 28.5 Å². The van der Waals surface area contributed by atoms with E-state index >= 15 is 0 Å². The topological polar surface area (TPSA) is 55.6 Å². The summed E-state index contributed by atoms with van der Waals surface area (Å²) in [6.07, 6.45) is 6.31. The average Bonchev–Trinajstić information content (AvgIpc) is 2.96. The number of fused-ring (bicyclic) bond motifs is 1. The number of rotatable bonds is 3. The van der Waals surface area contributed by atoms with Crippen LogP contribution in [-0.4, -0.2) is 19.7 Å². The van der Waals surface area contributed by atoms with Gasteiger partial charge >= 0.3 is 0 Å². The molecule has 0 fully saturated rings. The van der Waals surface area contributed by atoms with Crippen molar-refractivity contribution in [2.24, 2.45) is 7.05 Å². The van der Waals surface area contributed by atoms with Crippen molar-refractivity contribution in [2.75, 3.05) is 5.32 Å². The quantitative estimate of drug-likeness (QED) is 0.785. The van der Waals surface area contributed by atoms with Gasteiger partial charge in [-0.1, -0.05) is 6.92 Å². The zero-order chi connectivity index (χ0) is 12.5. The fraction of sp³-hybridized carbons (Fsp3) is 0.250. The summed E-state index contributed by atoms with van der Waals surface area (Å²) in [6, 6.07) is 2.15. The van der Waals surface area contributed by atoms with Crippen molar-refractivity contribution in [3.05, 3.63) is 29.7 Å². The number of aryl methyl sites for hydroxylation is 2. The third-order valence-corrected chi connectivity index (χ3v) is 3.88. The first-order valence-electron chi connectivity index (χ1n) is 5.75. The average molecular weight is 259 g/mol. The predicted octanol–water partition coefficient (Wildman–Crippen LogP) is 2.73. The van der Waals surface area contributed by atoms with Crippen LogP contribution >= 0.6 is 11.3 Å². The highest BCUT2D eigenvalue weighted by Crippen LogP contribution is 2.29. The second-order valence-electron chi connectivity index (χ2n) is 4.04. The van der Waals surface area contributed by atoms with Gasteiger partial charge < -0.3 is 5.32 Å². The van der Waals surface area contributed by atoms with E-state index in [0.29, 0.717) is 0 Å². The third kappa shape index (κ3) is 1.95. The molecule has 0 bridgehead atoms. The highest BCUT2D eigenvalue weighted by molar-refractivity contribution is 7.18. The van der Waals surface area contributed by atoms with Crippen LogP contribution in [0.5, 0.6) is 0 Å². The van der Waals surface area contributed by atoms with Crippen LogP contribution in [-0.2, 0) is 13.5 Å². The van der Waals surface area contributed by atoms with E-state index in [9.17, 15) is 0 Å². The maximum Gasteiger partial charge on any atom is 0.142 e. The fourth-order valence-electron chi connectivity index (χ4n) is 1.80. The van der Waals surface area contributed by atoms with E-state index in [4.69, 9.17) is 0 Å². The summed E-state index contributed by atoms with van der Waals surface area (Å²) in [5.41, 5.74) is 0.932. The first-order valence-corrected chi connectivity index (χ1v) is 6.57. The molecule has 0 aliphatic carbocycles. The van der Waals surface area contributed by atoms with E-state index in [1.807, 2.05) is 13.2 Å². The van der Waals surface area contributed by atoms with Crippen LogP contribution in [0.15, 0.2) is 24.8 Å². The van der Waals surface area contributed by atoms with Crippen LogP contribution in [0.4, 0.5) is 11.5 Å². The number of nitrogens with zero attached hydrogens (tertiary/aromatic N) is 4. The summed E-state index contributed by atoms with van der Waals surface area (Å²) < 4.78 is 1.76. The van der Waals surface area contributed by atoms with Crippen molar-refractivity contribution < 1.29 is 0 Å². The second-order valence-corrected chi connectivity index (χ2v) is 5.15. The van der Waals surface area contributed by atoms with Gasteiger partial charge in [-0.15, -0.1) is 11.3 Å². The normalized spacial score (nSPS) is 11.0. The molecule has 6 heteroatoms. The number of hydrogen-bond donors (Lipinski definition) is 1. The van der Waals surface area contributed by atoms with Gasteiger partial charge in [0.15, 0.2) is 0 Å². The molecule has 92 valence electrons. The minimum Gasteiger partial charge on any atom is -0.337 e. The Morgan fingerprint density at radius 1 is 1.39 bits per heavy atom. The van der Waals surface area contributed by atoms with Crippen LogP contribution in [0.2, 0.25) is 0 Å². The Balaban J connectivity index is 2.03. The molecule has 5 nitrogen and oxygen atoms in total. The van der Waals surface area contributed by atoms with E-state index in [0.717, 1.165) is 28.1 Å². The van der Waals surface area contributed by atoms with Gasteiger partial charge in [0.2, 0.25) is 0 Å². The van der Waals surface area contributed by atoms with E-state index in [1.165, 1.54) is 4.88 Å². The molecule has 18 heavy (non-hydrogen) atoms. The lowest BCUT2D eigenvalue weighted by atomic mass is 10.3. The maximum atomic E-state index is 4.31. The Labute approximate surface area is 109 Å². The second kappa shape index (κ2) is 4.38. The Hall–Kier alpha value is -1.95. The molecule has 3 heterocycles. The first kappa shape index (κ1) is 11.2. The van der Waals surface area contributed by atoms with Gasteiger partial charge in [0.05, 0.1) is 17.3 Å². The predicted molar refractivity (Wildman–Crippen MR) is 73.3 cm³/mol. The molecular formula is C12H13N5S. The molecule has 0 aliphatic heterocycles. The van der Waals surface area contributed by atoms with Crippen molar-refractivity contribution >= 4 is 33.1 Å². The molecule has 0 atom stereocenters. The van der Waals surface area contributed by atoms with Crippen molar-refractivity contribution in [3.63, 3.8) is 0 Å².